The van der Waals surface area contributed by atoms with Crippen molar-refractivity contribution in [2.24, 2.45) is 0 Å². The number of aliphatic hydroxyl groups is 1. The largest absolute Gasteiger partial charge is 0.504 e. The van der Waals surface area contributed by atoms with E-state index in [9.17, 15) is 10.2 Å². The minimum Gasteiger partial charge on any atom is -0.504 e. The number of aliphatic hydroxyl groups excluding tert-OH is 1. The molecule has 0 aromatic heterocycles. The Hall–Kier alpha value is -0.940. The third-order valence-corrected chi connectivity index (χ3v) is 5.39. The third-order valence-electron chi connectivity index (χ3n) is 3.77. The molecule has 5 nitrogen and oxygen atoms in total. The number of rotatable bonds is 6. The van der Waals surface area contributed by atoms with Crippen LogP contribution in [0.5, 0.6) is 23.0 Å². The lowest BCUT2D eigenvalue weighted by atomic mass is 10.1. The zero-order valence-corrected chi connectivity index (χ0v) is 18.7. The van der Waals surface area contributed by atoms with Crippen molar-refractivity contribution in [1.82, 2.24) is 0 Å². The van der Waals surface area contributed by atoms with E-state index in [0.717, 1.165) is 14.7 Å². The molecule has 0 aliphatic carbocycles. The fraction of sp³-hybridized carbons (Fsp3) is 0.333. The van der Waals surface area contributed by atoms with E-state index in [1.807, 2.05) is 19.1 Å². The molecule has 2 rings (SSSR count). The quantitative estimate of drug-likeness (QED) is 0.489. The van der Waals surface area contributed by atoms with E-state index in [1.165, 1.54) is 7.11 Å². The number of hydrogen-bond donors (Lipinski definition) is 2. The van der Waals surface area contributed by atoms with Gasteiger partial charge in [-0.05, 0) is 94.4 Å². The van der Waals surface area contributed by atoms with Crippen LogP contribution in [0.1, 0.15) is 37.2 Å². The summed E-state index contributed by atoms with van der Waals surface area (Å²) >= 11 is 4.22. The van der Waals surface area contributed by atoms with E-state index in [0.29, 0.717) is 20.8 Å². The number of ether oxygens (including phenoxy) is 3. The van der Waals surface area contributed by atoms with Gasteiger partial charge in [0.05, 0.1) is 27.5 Å². The Bertz CT molecular complexity index is 762. The minimum absolute atomic E-state index is 0.118. The van der Waals surface area contributed by atoms with Gasteiger partial charge in [0.15, 0.2) is 23.0 Å². The van der Waals surface area contributed by atoms with Gasteiger partial charge in [0, 0.05) is 0 Å². The smallest absolute Gasteiger partial charge is 0.175 e. The van der Waals surface area contributed by atoms with E-state index < -0.39 is 6.10 Å². The van der Waals surface area contributed by atoms with E-state index in [-0.39, 0.29) is 11.9 Å². The molecular formula is C18H20I2O5. The summed E-state index contributed by atoms with van der Waals surface area (Å²) in [6.07, 6.45) is -0.875. The lowest BCUT2D eigenvalue weighted by Gasteiger charge is -2.21. The van der Waals surface area contributed by atoms with Crippen molar-refractivity contribution in [2.75, 3.05) is 14.2 Å². The highest BCUT2D eigenvalue weighted by Gasteiger charge is 2.19. The second-order valence-electron chi connectivity index (χ2n) is 5.52. The molecule has 0 heterocycles. The molecule has 7 heteroatoms. The predicted molar refractivity (Wildman–Crippen MR) is 113 cm³/mol. The van der Waals surface area contributed by atoms with Gasteiger partial charge in [0.25, 0.3) is 0 Å². The molecule has 2 aromatic rings. The summed E-state index contributed by atoms with van der Waals surface area (Å²) in [5.74, 6) is 1.70. The van der Waals surface area contributed by atoms with Crippen LogP contribution in [0.25, 0.3) is 0 Å². The van der Waals surface area contributed by atoms with Gasteiger partial charge in [-0.2, -0.15) is 0 Å². The Labute approximate surface area is 174 Å². The Kier molecular flexibility index (Phi) is 7.03. The van der Waals surface area contributed by atoms with E-state index in [4.69, 9.17) is 14.2 Å². The summed E-state index contributed by atoms with van der Waals surface area (Å²) in [5.41, 5.74) is 1.64. The van der Waals surface area contributed by atoms with Crippen LogP contribution in [0.2, 0.25) is 0 Å². The highest BCUT2D eigenvalue weighted by molar-refractivity contribution is 14.1. The van der Waals surface area contributed by atoms with Gasteiger partial charge < -0.3 is 24.4 Å². The molecule has 2 N–H and O–H groups in total. The topological polar surface area (TPSA) is 68.2 Å². The highest BCUT2D eigenvalue weighted by Crippen LogP contribution is 2.40. The normalized spacial score (nSPS) is 13.2. The molecule has 0 aliphatic rings. The Morgan fingerprint density at radius 2 is 1.44 bits per heavy atom. The number of hydrogen-bond acceptors (Lipinski definition) is 5. The van der Waals surface area contributed by atoms with Gasteiger partial charge in [0.1, 0.15) is 6.10 Å². The SMILES string of the molecule is COc1cc(C(C)Oc2c(I)cc(C(C)O)cc2OC)cc(I)c1O. The van der Waals surface area contributed by atoms with Gasteiger partial charge in [-0.3, -0.25) is 0 Å². The molecule has 2 aromatic carbocycles. The standard InChI is InChI=1S/C18H20I2O5/c1-9(21)11-5-14(20)18(16(7-11)24-4)25-10(2)12-6-13(19)17(22)15(8-12)23-3/h5-10,21-22H,1-4H3. The highest BCUT2D eigenvalue weighted by atomic mass is 127. The van der Waals surface area contributed by atoms with Gasteiger partial charge in [-0.1, -0.05) is 0 Å². The second-order valence-corrected chi connectivity index (χ2v) is 7.85. The van der Waals surface area contributed by atoms with Crippen LogP contribution < -0.4 is 14.2 Å². The molecule has 2 unspecified atom stereocenters. The fourth-order valence-electron chi connectivity index (χ4n) is 2.32. The van der Waals surface area contributed by atoms with Crippen LogP contribution in [0.3, 0.4) is 0 Å². The summed E-state index contributed by atoms with van der Waals surface area (Å²) in [4.78, 5) is 0. The average Bonchev–Trinajstić information content (AvgIpc) is 2.58. The molecule has 0 saturated heterocycles. The number of benzene rings is 2. The first-order valence-corrected chi connectivity index (χ1v) is 9.72. The molecule has 0 amide bonds. The molecule has 2 atom stereocenters. The molecule has 0 aliphatic heterocycles. The Balaban J connectivity index is 2.38. The molecule has 0 spiro atoms. The van der Waals surface area contributed by atoms with Crippen LogP contribution in [-0.2, 0) is 0 Å². The van der Waals surface area contributed by atoms with Crippen LogP contribution in [0.15, 0.2) is 24.3 Å². The van der Waals surface area contributed by atoms with Gasteiger partial charge >= 0.3 is 0 Å². The molecular weight excluding hydrogens is 550 g/mol. The van der Waals surface area contributed by atoms with Gasteiger partial charge in [-0.25, -0.2) is 0 Å². The molecule has 25 heavy (non-hydrogen) atoms. The predicted octanol–water partition coefficient (Wildman–Crippen LogP) is 4.81. The van der Waals surface area contributed by atoms with Crippen molar-refractivity contribution in [3.8, 4) is 23.0 Å². The molecule has 0 saturated carbocycles. The average molecular weight is 570 g/mol. The van der Waals surface area contributed by atoms with Crippen LogP contribution in [-0.4, -0.2) is 24.4 Å². The summed E-state index contributed by atoms with van der Waals surface area (Å²) in [7, 11) is 3.09. The van der Waals surface area contributed by atoms with Crippen molar-refractivity contribution in [2.45, 2.75) is 26.1 Å². The van der Waals surface area contributed by atoms with Crippen LogP contribution in [0.4, 0.5) is 0 Å². The van der Waals surface area contributed by atoms with E-state index in [1.54, 1.807) is 26.2 Å². The maximum atomic E-state index is 9.98. The number of phenolic OH excluding ortho intramolecular Hbond substituents is 1. The maximum absolute atomic E-state index is 9.98. The fourth-order valence-corrected chi connectivity index (χ4v) is 3.70. The summed E-state index contributed by atoms with van der Waals surface area (Å²) < 4.78 is 18.3. The van der Waals surface area contributed by atoms with E-state index in [2.05, 4.69) is 45.2 Å². The van der Waals surface area contributed by atoms with Crippen molar-refractivity contribution >= 4 is 45.2 Å². The minimum atomic E-state index is -0.586. The zero-order chi connectivity index (χ0) is 18.7. The number of aromatic hydroxyl groups is 1. The monoisotopic (exact) mass is 570 g/mol. The summed E-state index contributed by atoms with van der Waals surface area (Å²) in [6, 6.07) is 7.26. The second kappa shape index (κ2) is 8.63. The lowest BCUT2D eigenvalue weighted by molar-refractivity contribution is 0.196. The van der Waals surface area contributed by atoms with Crippen LogP contribution >= 0.6 is 45.2 Å². The molecule has 0 radical (unpaired) electrons. The van der Waals surface area contributed by atoms with Gasteiger partial charge in [-0.15, -0.1) is 0 Å². The van der Waals surface area contributed by atoms with Crippen molar-refractivity contribution in [1.29, 1.82) is 0 Å². The molecule has 0 fully saturated rings. The van der Waals surface area contributed by atoms with E-state index >= 15 is 0 Å². The zero-order valence-electron chi connectivity index (χ0n) is 14.3. The van der Waals surface area contributed by atoms with Gasteiger partial charge in [0.2, 0.25) is 0 Å². The molecule has 0 bridgehead atoms. The first-order chi connectivity index (χ1) is 11.8. The summed E-state index contributed by atoms with van der Waals surface area (Å²) in [6.45, 7) is 3.62. The number of halogens is 2. The van der Waals surface area contributed by atoms with Crippen molar-refractivity contribution < 1.29 is 24.4 Å². The first-order valence-electron chi connectivity index (χ1n) is 7.57. The summed E-state index contributed by atoms with van der Waals surface area (Å²) in [5, 5.41) is 19.8. The van der Waals surface area contributed by atoms with Crippen LogP contribution in [0, 0.1) is 7.14 Å². The molecule has 136 valence electrons. The maximum Gasteiger partial charge on any atom is 0.175 e. The number of phenols is 1. The Morgan fingerprint density at radius 1 is 0.880 bits per heavy atom. The first kappa shape index (κ1) is 20.4. The van der Waals surface area contributed by atoms with Crippen molar-refractivity contribution in [3.05, 3.63) is 42.5 Å². The third kappa shape index (κ3) is 4.62. The lowest BCUT2D eigenvalue weighted by Crippen LogP contribution is -2.07. The Morgan fingerprint density at radius 3 is 2.00 bits per heavy atom. The van der Waals surface area contributed by atoms with Crippen molar-refractivity contribution in [3.63, 3.8) is 0 Å². The number of methoxy groups -OCH3 is 2.